The van der Waals surface area contributed by atoms with Crippen LogP contribution in [-0.2, 0) is 4.57 Å². The maximum absolute atomic E-state index is 10.5. The normalized spacial score (nSPS) is 13.1. The number of unbranched alkanes of at least 4 members (excludes halogenated alkanes) is 8. The number of aliphatic hydroxyl groups is 1. The summed E-state index contributed by atoms with van der Waals surface area (Å²) in [4.78, 5) is 0. The summed E-state index contributed by atoms with van der Waals surface area (Å²) in [7, 11) is 0.104. The van der Waals surface area contributed by atoms with Gasteiger partial charge in [-0.1, -0.05) is 64.7 Å². The van der Waals surface area contributed by atoms with Crippen molar-refractivity contribution in [2.45, 2.75) is 76.8 Å². The Bertz CT molecular complexity index is 151. The first-order valence-electron chi connectivity index (χ1n) is 6.78. The Balaban J connectivity index is 3.06. The predicted molar refractivity (Wildman–Crippen MR) is 70.3 cm³/mol. The van der Waals surface area contributed by atoms with Gasteiger partial charge in [-0.05, 0) is 6.42 Å². The number of hydrogen-bond acceptors (Lipinski definition) is 2. The summed E-state index contributed by atoms with van der Waals surface area (Å²) in [6, 6.07) is 0. The van der Waals surface area contributed by atoms with E-state index in [2.05, 4.69) is 6.92 Å². The fraction of sp³-hybridized carbons (Fsp3) is 1.00. The Kier molecular flexibility index (Phi) is 13.2. The monoisotopic (exact) mass is 246 g/mol. The highest BCUT2D eigenvalue weighted by Crippen LogP contribution is 2.16. The Morgan fingerprint density at radius 3 is 1.88 bits per heavy atom. The van der Waals surface area contributed by atoms with E-state index in [4.69, 9.17) is 5.11 Å². The molecule has 2 nitrogen and oxygen atoms in total. The molecule has 0 saturated heterocycles. The van der Waals surface area contributed by atoms with Gasteiger partial charge in [0.15, 0.2) is 8.46 Å². The molecule has 0 amide bonds. The third-order valence-corrected chi connectivity index (χ3v) is 3.72. The smallest absolute Gasteiger partial charge is 0.161 e. The van der Waals surface area contributed by atoms with E-state index >= 15 is 0 Å². The summed E-state index contributed by atoms with van der Waals surface area (Å²) in [6.07, 6.45) is 12.7. The van der Waals surface area contributed by atoms with Gasteiger partial charge in [-0.25, -0.2) is 0 Å². The van der Waals surface area contributed by atoms with Gasteiger partial charge in [-0.2, -0.15) is 0 Å². The molecule has 0 aromatic rings. The minimum Gasteiger partial charge on any atom is -0.395 e. The largest absolute Gasteiger partial charge is 0.395 e. The lowest BCUT2D eigenvalue weighted by Gasteiger charge is -2.05. The minimum atomic E-state index is -0.0236. The second kappa shape index (κ2) is 13.1. The molecule has 0 radical (unpaired) electrons. The molecule has 16 heavy (non-hydrogen) atoms. The van der Waals surface area contributed by atoms with Crippen LogP contribution in [0.4, 0.5) is 0 Å². The molecule has 0 aliphatic heterocycles. The van der Waals surface area contributed by atoms with Crippen molar-refractivity contribution in [3.63, 3.8) is 0 Å². The van der Waals surface area contributed by atoms with E-state index in [1.807, 2.05) is 0 Å². The van der Waals surface area contributed by atoms with Crippen LogP contribution in [0.3, 0.4) is 0 Å². The van der Waals surface area contributed by atoms with Gasteiger partial charge in [0.2, 0.25) is 0 Å². The van der Waals surface area contributed by atoms with Crippen molar-refractivity contribution in [3.8, 4) is 0 Å². The summed E-state index contributed by atoms with van der Waals surface area (Å²) >= 11 is 0. The van der Waals surface area contributed by atoms with Crippen molar-refractivity contribution in [1.82, 2.24) is 0 Å². The molecular weight excluding hydrogens is 219 g/mol. The molecular formula is C13H27O2P. The van der Waals surface area contributed by atoms with E-state index < -0.39 is 0 Å². The maximum Gasteiger partial charge on any atom is 0.161 e. The maximum atomic E-state index is 10.5. The van der Waals surface area contributed by atoms with Crippen molar-refractivity contribution in [2.75, 3.05) is 6.61 Å². The predicted octanol–water partition coefficient (Wildman–Crippen LogP) is 4.56. The fourth-order valence-electron chi connectivity index (χ4n) is 1.87. The summed E-state index contributed by atoms with van der Waals surface area (Å²) < 4.78 is 10.5. The topological polar surface area (TPSA) is 37.3 Å². The van der Waals surface area contributed by atoms with E-state index in [1.165, 1.54) is 51.4 Å². The molecule has 0 aromatic heterocycles. The molecule has 3 heteroatoms. The van der Waals surface area contributed by atoms with Crippen LogP contribution >= 0.6 is 8.46 Å². The van der Waals surface area contributed by atoms with Crippen LogP contribution in [0.2, 0.25) is 0 Å². The molecule has 0 aliphatic carbocycles. The molecule has 1 unspecified atom stereocenters. The molecule has 96 valence electrons. The van der Waals surface area contributed by atoms with Crippen LogP contribution in [0.15, 0.2) is 0 Å². The van der Waals surface area contributed by atoms with Crippen molar-refractivity contribution in [3.05, 3.63) is 0 Å². The van der Waals surface area contributed by atoms with Gasteiger partial charge in [0.25, 0.3) is 0 Å². The Labute approximate surface area is 102 Å². The van der Waals surface area contributed by atoms with Crippen LogP contribution in [-0.4, -0.2) is 17.4 Å². The van der Waals surface area contributed by atoms with Crippen molar-refractivity contribution in [1.29, 1.82) is 0 Å². The summed E-state index contributed by atoms with van der Waals surface area (Å²) in [6.45, 7) is 2.30. The number of hydrogen-bond donors (Lipinski definition) is 1. The molecule has 0 aromatic carbocycles. The van der Waals surface area contributed by atoms with Crippen molar-refractivity contribution >= 4 is 8.46 Å². The molecule has 0 aliphatic rings. The third kappa shape index (κ3) is 10.6. The van der Waals surface area contributed by atoms with E-state index in [1.54, 1.807) is 0 Å². The van der Waals surface area contributed by atoms with E-state index in [9.17, 15) is 4.57 Å². The van der Waals surface area contributed by atoms with Crippen LogP contribution in [0, 0.1) is 0 Å². The van der Waals surface area contributed by atoms with Crippen molar-refractivity contribution < 1.29 is 9.67 Å². The van der Waals surface area contributed by atoms with Gasteiger partial charge < -0.3 is 5.11 Å². The first-order valence-corrected chi connectivity index (χ1v) is 7.66. The Morgan fingerprint density at radius 2 is 1.44 bits per heavy atom. The molecule has 0 bridgehead atoms. The molecule has 0 spiro atoms. The van der Waals surface area contributed by atoms with Gasteiger partial charge in [-0.15, -0.1) is 0 Å². The van der Waals surface area contributed by atoms with Crippen LogP contribution in [0.25, 0.3) is 0 Å². The van der Waals surface area contributed by atoms with E-state index in [0.717, 1.165) is 12.8 Å². The van der Waals surface area contributed by atoms with E-state index in [0.29, 0.717) is 0 Å². The van der Waals surface area contributed by atoms with Crippen LogP contribution < -0.4 is 0 Å². The minimum absolute atomic E-state index is 0.0236. The van der Waals surface area contributed by atoms with Gasteiger partial charge in [0.1, 0.15) is 0 Å². The number of aliphatic hydroxyl groups excluding tert-OH is 1. The highest BCUT2D eigenvalue weighted by atomic mass is 31.1. The zero-order chi connectivity index (χ0) is 12.1. The van der Waals surface area contributed by atoms with E-state index in [-0.39, 0.29) is 20.7 Å². The van der Waals surface area contributed by atoms with Crippen LogP contribution in [0.1, 0.15) is 71.1 Å². The molecule has 0 fully saturated rings. The van der Waals surface area contributed by atoms with Gasteiger partial charge in [0.05, 0.1) is 12.3 Å². The van der Waals surface area contributed by atoms with Gasteiger partial charge in [0, 0.05) is 0 Å². The zero-order valence-electron chi connectivity index (χ0n) is 10.7. The Hall–Kier alpha value is 0.0600. The lowest BCUT2D eigenvalue weighted by molar-refractivity contribution is 0.285. The van der Waals surface area contributed by atoms with Gasteiger partial charge in [-0.3, -0.25) is 4.57 Å². The fourth-order valence-corrected chi connectivity index (χ4v) is 2.22. The molecule has 0 rings (SSSR count). The average molecular weight is 246 g/mol. The first-order chi connectivity index (χ1) is 7.85. The SMILES string of the molecule is CCCCCCCCCCCC(CO)P=O. The lowest BCUT2D eigenvalue weighted by Crippen LogP contribution is -2.03. The van der Waals surface area contributed by atoms with Crippen molar-refractivity contribution in [2.24, 2.45) is 0 Å². The van der Waals surface area contributed by atoms with Gasteiger partial charge >= 0.3 is 0 Å². The standard InChI is InChI=1S/C13H27O2P/c1-2-3-4-5-6-7-8-9-10-11-13(12-14)16-15/h13-14H,2-12H2,1H3. The molecule has 0 saturated carbocycles. The second-order valence-electron chi connectivity index (χ2n) is 4.56. The third-order valence-electron chi connectivity index (χ3n) is 3.00. The lowest BCUT2D eigenvalue weighted by atomic mass is 10.1. The summed E-state index contributed by atoms with van der Waals surface area (Å²) in [5, 5.41) is 8.84. The Morgan fingerprint density at radius 1 is 0.938 bits per heavy atom. The first kappa shape index (κ1) is 16.1. The average Bonchev–Trinajstić information content (AvgIpc) is 2.32. The highest BCUT2D eigenvalue weighted by molar-refractivity contribution is 7.24. The number of rotatable bonds is 12. The molecule has 0 heterocycles. The summed E-state index contributed by atoms with van der Waals surface area (Å²) in [5.74, 6) is 0. The second-order valence-corrected chi connectivity index (χ2v) is 5.50. The van der Waals surface area contributed by atoms with Crippen LogP contribution in [0.5, 0.6) is 0 Å². The summed E-state index contributed by atoms with van der Waals surface area (Å²) in [5.41, 5.74) is -0.0236. The molecule has 1 atom stereocenters. The quantitative estimate of drug-likeness (QED) is 0.405. The highest BCUT2D eigenvalue weighted by Gasteiger charge is 2.05. The zero-order valence-corrected chi connectivity index (χ0v) is 11.6. The molecule has 1 N–H and O–H groups in total.